The molecule has 14 heavy (non-hydrogen) atoms. The number of halogens is 2. The van der Waals surface area contributed by atoms with Crippen LogP contribution in [0.4, 0.5) is 0 Å². The number of morpholine rings is 1. The van der Waals surface area contributed by atoms with Crippen molar-refractivity contribution >= 4 is 24.0 Å². The minimum absolute atomic E-state index is 0. The molecule has 0 aromatic carbocycles. The molecule has 0 bridgehead atoms. The van der Waals surface area contributed by atoms with Crippen LogP contribution in [0.2, 0.25) is 5.15 Å². The van der Waals surface area contributed by atoms with Gasteiger partial charge in [0.1, 0.15) is 5.15 Å². The minimum Gasteiger partial charge on any atom is -0.371 e. The van der Waals surface area contributed by atoms with Crippen LogP contribution in [0, 0.1) is 0 Å². The molecule has 1 aromatic rings. The Kier molecular flexibility index (Phi) is 4.62. The third-order valence-corrected chi connectivity index (χ3v) is 2.26. The summed E-state index contributed by atoms with van der Waals surface area (Å²) < 4.78 is 5.57. The summed E-state index contributed by atoms with van der Waals surface area (Å²) in [6.45, 7) is 2.53. The monoisotopic (exact) mass is 234 g/mol. The molecular formula is C9H12Cl2N2O. The minimum atomic E-state index is 0. The maximum Gasteiger partial charge on any atom is 0.129 e. The Hall–Kier alpha value is -0.350. The summed E-state index contributed by atoms with van der Waals surface area (Å²) in [4.78, 5) is 3.92. The zero-order chi connectivity index (χ0) is 9.10. The number of nitrogens with zero attached hydrogens (tertiary/aromatic N) is 1. The van der Waals surface area contributed by atoms with Gasteiger partial charge in [-0.3, -0.25) is 0 Å². The quantitative estimate of drug-likeness (QED) is 0.754. The normalized spacial score (nSPS) is 21.4. The number of hydrogen-bond acceptors (Lipinski definition) is 3. The van der Waals surface area contributed by atoms with Gasteiger partial charge in [-0.1, -0.05) is 11.6 Å². The highest BCUT2D eigenvalue weighted by atomic mass is 35.5. The first-order chi connectivity index (χ1) is 6.36. The summed E-state index contributed by atoms with van der Waals surface area (Å²) >= 11 is 5.78. The van der Waals surface area contributed by atoms with E-state index in [9.17, 15) is 0 Å². The summed E-state index contributed by atoms with van der Waals surface area (Å²) in [6, 6.07) is 3.78. The van der Waals surface area contributed by atoms with Gasteiger partial charge in [0, 0.05) is 19.3 Å². The Morgan fingerprint density at radius 1 is 1.57 bits per heavy atom. The van der Waals surface area contributed by atoms with Crippen LogP contribution >= 0.6 is 24.0 Å². The van der Waals surface area contributed by atoms with E-state index in [0.717, 1.165) is 25.3 Å². The van der Waals surface area contributed by atoms with Crippen molar-refractivity contribution in [3.63, 3.8) is 0 Å². The lowest BCUT2D eigenvalue weighted by Gasteiger charge is -2.23. The van der Waals surface area contributed by atoms with E-state index in [1.54, 1.807) is 6.20 Å². The van der Waals surface area contributed by atoms with Crippen molar-refractivity contribution in [3.8, 4) is 0 Å². The van der Waals surface area contributed by atoms with E-state index < -0.39 is 0 Å². The third kappa shape index (κ3) is 2.82. The fourth-order valence-corrected chi connectivity index (χ4v) is 1.58. The Morgan fingerprint density at radius 2 is 2.43 bits per heavy atom. The maximum atomic E-state index is 5.78. The van der Waals surface area contributed by atoms with Crippen molar-refractivity contribution in [1.82, 2.24) is 10.3 Å². The largest absolute Gasteiger partial charge is 0.371 e. The van der Waals surface area contributed by atoms with E-state index in [-0.39, 0.29) is 18.5 Å². The van der Waals surface area contributed by atoms with E-state index in [1.165, 1.54) is 0 Å². The molecule has 1 fully saturated rings. The second kappa shape index (κ2) is 5.51. The zero-order valence-electron chi connectivity index (χ0n) is 7.57. The van der Waals surface area contributed by atoms with Crippen LogP contribution in [-0.4, -0.2) is 24.7 Å². The van der Waals surface area contributed by atoms with Crippen LogP contribution in [0.5, 0.6) is 0 Å². The van der Waals surface area contributed by atoms with E-state index in [1.807, 2.05) is 12.1 Å². The van der Waals surface area contributed by atoms with Gasteiger partial charge in [-0.05, 0) is 17.7 Å². The molecule has 1 unspecified atom stereocenters. The SMILES string of the molecule is Cl.Clc1cc(C2CNCCO2)ccn1. The highest BCUT2D eigenvalue weighted by Crippen LogP contribution is 2.19. The van der Waals surface area contributed by atoms with Crippen LogP contribution in [0.3, 0.4) is 0 Å². The van der Waals surface area contributed by atoms with Crippen molar-refractivity contribution in [1.29, 1.82) is 0 Å². The Labute approximate surface area is 94.2 Å². The molecule has 78 valence electrons. The van der Waals surface area contributed by atoms with Gasteiger partial charge >= 0.3 is 0 Å². The fraction of sp³-hybridized carbons (Fsp3) is 0.444. The van der Waals surface area contributed by atoms with Gasteiger partial charge in [0.15, 0.2) is 0 Å². The first kappa shape index (κ1) is 11.7. The van der Waals surface area contributed by atoms with Crippen LogP contribution in [0.1, 0.15) is 11.7 Å². The summed E-state index contributed by atoms with van der Waals surface area (Å²) in [6.07, 6.45) is 1.82. The van der Waals surface area contributed by atoms with Crippen LogP contribution < -0.4 is 5.32 Å². The molecule has 0 aliphatic carbocycles. The molecule has 0 spiro atoms. The molecule has 1 aliphatic rings. The lowest BCUT2D eigenvalue weighted by atomic mass is 10.1. The number of hydrogen-bond donors (Lipinski definition) is 1. The number of rotatable bonds is 1. The second-order valence-electron chi connectivity index (χ2n) is 2.98. The third-order valence-electron chi connectivity index (χ3n) is 2.05. The first-order valence-corrected chi connectivity index (χ1v) is 4.68. The predicted octanol–water partition coefficient (Wildman–Crippen LogP) is 1.82. The number of ether oxygens (including phenoxy) is 1. The summed E-state index contributed by atoms with van der Waals surface area (Å²) in [5, 5.41) is 3.78. The molecule has 2 rings (SSSR count). The smallest absolute Gasteiger partial charge is 0.129 e. The Morgan fingerprint density at radius 3 is 3.07 bits per heavy atom. The molecule has 0 saturated carbocycles. The molecule has 5 heteroatoms. The molecule has 2 heterocycles. The van der Waals surface area contributed by atoms with Crippen molar-refractivity contribution in [3.05, 3.63) is 29.0 Å². The average Bonchev–Trinajstić information content (AvgIpc) is 2.19. The van der Waals surface area contributed by atoms with Gasteiger partial charge in [-0.25, -0.2) is 4.98 Å². The van der Waals surface area contributed by atoms with E-state index in [0.29, 0.717) is 5.15 Å². The average molecular weight is 235 g/mol. The van der Waals surface area contributed by atoms with E-state index in [4.69, 9.17) is 16.3 Å². The van der Waals surface area contributed by atoms with Crippen molar-refractivity contribution in [2.24, 2.45) is 0 Å². The van der Waals surface area contributed by atoms with Crippen molar-refractivity contribution in [2.45, 2.75) is 6.10 Å². The van der Waals surface area contributed by atoms with Crippen LogP contribution in [-0.2, 0) is 4.74 Å². The van der Waals surface area contributed by atoms with Gasteiger partial charge in [-0.2, -0.15) is 0 Å². The number of nitrogens with one attached hydrogen (secondary N) is 1. The Bertz CT molecular complexity index is 290. The fourth-order valence-electron chi connectivity index (χ4n) is 1.40. The molecule has 3 nitrogen and oxygen atoms in total. The molecule has 1 aromatic heterocycles. The van der Waals surface area contributed by atoms with Gasteiger partial charge in [0.2, 0.25) is 0 Å². The van der Waals surface area contributed by atoms with Gasteiger partial charge in [0.05, 0.1) is 12.7 Å². The highest BCUT2D eigenvalue weighted by molar-refractivity contribution is 6.29. The van der Waals surface area contributed by atoms with E-state index in [2.05, 4.69) is 10.3 Å². The van der Waals surface area contributed by atoms with Gasteiger partial charge in [0.25, 0.3) is 0 Å². The number of aromatic nitrogens is 1. The summed E-state index contributed by atoms with van der Waals surface area (Å²) in [5.74, 6) is 0. The van der Waals surface area contributed by atoms with Gasteiger partial charge in [-0.15, -0.1) is 12.4 Å². The van der Waals surface area contributed by atoms with Crippen molar-refractivity contribution in [2.75, 3.05) is 19.7 Å². The lowest BCUT2D eigenvalue weighted by Crippen LogP contribution is -2.33. The summed E-state index contributed by atoms with van der Waals surface area (Å²) in [5.41, 5.74) is 1.09. The Balaban J connectivity index is 0.000000980. The van der Waals surface area contributed by atoms with Crippen LogP contribution in [0.15, 0.2) is 18.3 Å². The zero-order valence-corrected chi connectivity index (χ0v) is 9.14. The predicted molar refractivity (Wildman–Crippen MR) is 58.1 cm³/mol. The van der Waals surface area contributed by atoms with Gasteiger partial charge < -0.3 is 10.1 Å². The first-order valence-electron chi connectivity index (χ1n) is 4.30. The molecule has 1 N–H and O–H groups in total. The highest BCUT2D eigenvalue weighted by Gasteiger charge is 2.15. The van der Waals surface area contributed by atoms with E-state index >= 15 is 0 Å². The lowest BCUT2D eigenvalue weighted by molar-refractivity contribution is 0.0276. The molecule has 1 aliphatic heterocycles. The second-order valence-corrected chi connectivity index (χ2v) is 3.36. The molecule has 0 amide bonds. The molecular weight excluding hydrogens is 223 g/mol. The van der Waals surface area contributed by atoms with Crippen molar-refractivity contribution < 1.29 is 4.74 Å². The maximum absolute atomic E-state index is 5.78. The molecule has 0 radical (unpaired) electrons. The standard InChI is InChI=1S/C9H11ClN2O.ClH/c10-9-5-7(1-2-12-9)8-6-11-3-4-13-8;/h1-2,5,8,11H,3-4,6H2;1H. The molecule has 1 atom stereocenters. The molecule has 1 saturated heterocycles. The topological polar surface area (TPSA) is 34.1 Å². The number of pyridine rings is 1. The van der Waals surface area contributed by atoms with Crippen LogP contribution in [0.25, 0.3) is 0 Å². The summed E-state index contributed by atoms with van der Waals surface area (Å²) in [7, 11) is 0.